The monoisotopic (exact) mass is 333 g/mol. The number of piperidine rings is 1. The Balaban J connectivity index is 1.56. The second kappa shape index (κ2) is 7.99. The summed E-state index contributed by atoms with van der Waals surface area (Å²) < 4.78 is 5.32. The van der Waals surface area contributed by atoms with Gasteiger partial charge in [0.05, 0.1) is 59.3 Å². The predicted octanol–water partition coefficient (Wildman–Crippen LogP) is -1.15. The molecule has 2 saturated heterocycles. The van der Waals surface area contributed by atoms with Gasteiger partial charge in [-0.05, 0) is 25.0 Å². The highest BCUT2D eigenvalue weighted by atomic mass is 16.5. The second-order valence-electron chi connectivity index (χ2n) is 7.35. The van der Waals surface area contributed by atoms with E-state index in [-0.39, 0.29) is 5.92 Å². The van der Waals surface area contributed by atoms with Crippen molar-refractivity contribution in [3.8, 4) is 5.75 Å². The summed E-state index contributed by atoms with van der Waals surface area (Å²) in [6.07, 6.45) is 2.20. The number of nitrogens with zero attached hydrogens (tertiary/aromatic N) is 1. The number of methoxy groups -OCH3 is 1. The van der Waals surface area contributed by atoms with Crippen molar-refractivity contribution < 1.29 is 19.3 Å². The Morgan fingerprint density at radius 1 is 1.29 bits per heavy atom. The van der Waals surface area contributed by atoms with Crippen LogP contribution in [0.2, 0.25) is 0 Å². The zero-order valence-corrected chi connectivity index (χ0v) is 15.0. The molecule has 0 saturated carbocycles. The Bertz CT molecular complexity index is 555. The van der Waals surface area contributed by atoms with Crippen LogP contribution in [0, 0.1) is 5.92 Å². The van der Waals surface area contributed by atoms with Gasteiger partial charge < -0.3 is 19.4 Å². The first-order valence-electron chi connectivity index (χ1n) is 9.22. The number of carbonyl (C=O) groups is 1. The minimum absolute atomic E-state index is 0.206. The molecule has 24 heavy (non-hydrogen) atoms. The van der Waals surface area contributed by atoms with Crippen LogP contribution in [0.25, 0.3) is 0 Å². The Kier molecular flexibility index (Phi) is 5.74. The van der Waals surface area contributed by atoms with Gasteiger partial charge in [0.2, 0.25) is 5.91 Å². The van der Waals surface area contributed by atoms with Crippen LogP contribution in [-0.4, -0.2) is 64.2 Å². The lowest BCUT2D eigenvalue weighted by Crippen LogP contribution is -3.13. The van der Waals surface area contributed by atoms with Gasteiger partial charge in [-0.25, -0.2) is 0 Å². The molecule has 132 valence electrons. The number of benzene rings is 1. The Labute approximate surface area is 145 Å². The number of amides is 1. The molecule has 0 aliphatic carbocycles. The van der Waals surface area contributed by atoms with E-state index in [0.29, 0.717) is 5.91 Å². The first kappa shape index (κ1) is 17.2. The van der Waals surface area contributed by atoms with Gasteiger partial charge in [0.25, 0.3) is 0 Å². The maximum Gasteiger partial charge on any atom is 0.231 e. The van der Waals surface area contributed by atoms with Crippen LogP contribution < -0.4 is 14.5 Å². The quantitative estimate of drug-likeness (QED) is 0.730. The van der Waals surface area contributed by atoms with E-state index in [1.54, 1.807) is 7.11 Å². The van der Waals surface area contributed by atoms with Gasteiger partial charge in [-0.2, -0.15) is 0 Å². The topological polar surface area (TPSA) is 38.4 Å². The number of quaternary nitrogens is 2. The number of likely N-dealkylation sites (N-methyl/N-ethyl adjacent to an activating group) is 1. The van der Waals surface area contributed by atoms with Gasteiger partial charge in [0, 0.05) is 5.56 Å². The molecule has 2 unspecified atom stereocenters. The van der Waals surface area contributed by atoms with Crippen LogP contribution in [0.5, 0.6) is 5.75 Å². The molecule has 0 radical (unpaired) electrons. The third kappa shape index (κ3) is 4.28. The van der Waals surface area contributed by atoms with Crippen LogP contribution in [0.3, 0.4) is 0 Å². The molecule has 2 aliphatic heterocycles. The highest BCUT2D eigenvalue weighted by Crippen LogP contribution is 2.14. The SMILES string of the molecule is COc1cccc(C[NH+]2CCCC(C(=O)N3CC[NH+](C)CC3)C2)c1. The number of ether oxygens (including phenoxy) is 1. The Morgan fingerprint density at radius 2 is 2.08 bits per heavy atom. The number of likely N-dealkylation sites (tertiary alicyclic amines) is 1. The lowest BCUT2D eigenvalue weighted by molar-refractivity contribution is -0.921. The first-order chi connectivity index (χ1) is 11.7. The summed E-state index contributed by atoms with van der Waals surface area (Å²) in [4.78, 5) is 18.0. The number of nitrogens with one attached hydrogen (secondary N) is 2. The first-order valence-corrected chi connectivity index (χ1v) is 9.22. The molecule has 0 bridgehead atoms. The van der Waals surface area contributed by atoms with Crippen molar-refractivity contribution in [1.82, 2.24) is 4.90 Å². The molecule has 3 rings (SSSR count). The molecular weight excluding hydrogens is 302 g/mol. The third-order valence-electron chi connectivity index (χ3n) is 5.48. The van der Waals surface area contributed by atoms with Crippen LogP contribution in [0.4, 0.5) is 0 Å². The zero-order chi connectivity index (χ0) is 16.9. The second-order valence-corrected chi connectivity index (χ2v) is 7.35. The molecule has 0 spiro atoms. The fourth-order valence-electron chi connectivity index (χ4n) is 3.96. The summed E-state index contributed by atoms with van der Waals surface area (Å²) in [6, 6.07) is 8.30. The summed E-state index contributed by atoms with van der Waals surface area (Å²) in [5.74, 6) is 1.51. The van der Waals surface area contributed by atoms with Crippen molar-refractivity contribution in [2.24, 2.45) is 5.92 Å². The molecule has 5 nitrogen and oxygen atoms in total. The van der Waals surface area contributed by atoms with Crippen molar-refractivity contribution >= 4 is 5.91 Å². The van der Waals surface area contributed by atoms with Crippen molar-refractivity contribution in [3.05, 3.63) is 29.8 Å². The molecule has 2 heterocycles. The summed E-state index contributed by atoms with van der Waals surface area (Å²) in [5, 5.41) is 0. The van der Waals surface area contributed by atoms with Gasteiger partial charge in [0.15, 0.2) is 0 Å². The van der Waals surface area contributed by atoms with E-state index in [1.807, 2.05) is 12.1 Å². The Hall–Kier alpha value is -1.59. The molecule has 1 amide bonds. The van der Waals surface area contributed by atoms with Crippen LogP contribution in [0.15, 0.2) is 24.3 Å². The molecule has 2 aliphatic rings. The van der Waals surface area contributed by atoms with E-state index in [0.717, 1.165) is 64.4 Å². The lowest BCUT2D eigenvalue weighted by atomic mass is 9.95. The molecule has 2 N–H and O–H groups in total. The van der Waals surface area contributed by atoms with Gasteiger partial charge in [-0.15, -0.1) is 0 Å². The average molecular weight is 333 g/mol. The van der Waals surface area contributed by atoms with Gasteiger partial charge >= 0.3 is 0 Å². The van der Waals surface area contributed by atoms with Crippen molar-refractivity contribution in [1.29, 1.82) is 0 Å². The minimum atomic E-state index is 0.206. The lowest BCUT2D eigenvalue weighted by Gasteiger charge is -2.35. The van der Waals surface area contributed by atoms with E-state index < -0.39 is 0 Å². The van der Waals surface area contributed by atoms with E-state index in [2.05, 4.69) is 24.1 Å². The van der Waals surface area contributed by atoms with Gasteiger partial charge in [-0.1, -0.05) is 12.1 Å². The molecule has 1 aromatic carbocycles. The molecule has 5 heteroatoms. The standard InChI is InChI=1S/C19H29N3O2/c1-20-9-11-22(12-10-20)19(23)17-6-4-8-21(15-17)14-16-5-3-7-18(13-16)24-2/h3,5,7,13,17H,4,6,8-12,14-15H2,1-2H3/p+2. The molecular formula is C19H31N3O2+2. The largest absolute Gasteiger partial charge is 0.497 e. The van der Waals surface area contributed by atoms with Crippen LogP contribution in [0.1, 0.15) is 18.4 Å². The molecule has 2 fully saturated rings. The zero-order valence-electron chi connectivity index (χ0n) is 15.0. The van der Waals surface area contributed by atoms with Crippen molar-refractivity contribution in [3.63, 3.8) is 0 Å². The summed E-state index contributed by atoms with van der Waals surface area (Å²) in [5.41, 5.74) is 1.29. The van der Waals surface area contributed by atoms with Crippen LogP contribution >= 0.6 is 0 Å². The number of rotatable bonds is 4. The fourth-order valence-corrected chi connectivity index (χ4v) is 3.96. The third-order valence-corrected chi connectivity index (χ3v) is 5.48. The summed E-state index contributed by atoms with van der Waals surface area (Å²) in [7, 11) is 3.92. The molecule has 0 aromatic heterocycles. The predicted molar refractivity (Wildman–Crippen MR) is 93.3 cm³/mol. The Morgan fingerprint density at radius 3 is 2.83 bits per heavy atom. The molecule has 2 atom stereocenters. The number of hydrogen-bond acceptors (Lipinski definition) is 2. The van der Waals surface area contributed by atoms with Gasteiger partial charge in [0.1, 0.15) is 12.3 Å². The van der Waals surface area contributed by atoms with E-state index in [1.165, 1.54) is 15.4 Å². The summed E-state index contributed by atoms with van der Waals surface area (Å²) >= 11 is 0. The highest BCUT2D eigenvalue weighted by molar-refractivity contribution is 5.79. The molecule has 1 aromatic rings. The maximum atomic E-state index is 12.8. The minimum Gasteiger partial charge on any atom is -0.497 e. The van der Waals surface area contributed by atoms with E-state index >= 15 is 0 Å². The normalized spacial score (nSPS) is 25.5. The smallest absolute Gasteiger partial charge is 0.231 e. The number of hydrogen-bond donors (Lipinski definition) is 2. The van der Waals surface area contributed by atoms with Crippen molar-refractivity contribution in [2.75, 3.05) is 53.4 Å². The van der Waals surface area contributed by atoms with Gasteiger partial charge in [-0.3, -0.25) is 4.79 Å². The van der Waals surface area contributed by atoms with E-state index in [9.17, 15) is 4.79 Å². The maximum absolute atomic E-state index is 12.8. The summed E-state index contributed by atoms with van der Waals surface area (Å²) in [6.45, 7) is 7.12. The average Bonchev–Trinajstić information content (AvgIpc) is 2.62. The number of piperazine rings is 1. The van der Waals surface area contributed by atoms with Crippen molar-refractivity contribution in [2.45, 2.75) is 19.4 Å². The fraction of sp³-hybridized carbons (Fsp3) is 0.632. The highest BCUT2D eigenvalue weighted by Gasteiger charge is 2.33. The van der Waals surface area contributed by atoms with E-state index in [4.69, 9.17) is 4.74 Å². The van der Waals surface area contributed by atoms with Crippen LogP contribution in [-0.2, 0) is 11.3 Å². The number of carbonyl (C=O) groups excluding carboxylic acids is 1.